The molecule has 0 aromatic rings. The Morgan fingerprint density at radius 1 is 1.80 bits per heavy atom. The van der Waals surface area contributed by atoms with Gasteiger partial charge in [0.2, 0.25) is 0 Å². The van der Waals surface area contributed by atoms with E-state index in [2.05, 4.69) is 15.0 Å². The number of aliphatic hydroxyl groups is 2. The number of ether oxygens (including phenoxy) is 1. The molecule has 0 heterocycles. The number of rotatable bonds is 3. The first-order valence-electron chi connectivity index (χ1n) is 2.49. The number of carbonyl (C=O) groups excluding carboxylic acids is 1. The highest BCUT2D eigenvalue weighted by Crippen LogP contribution is 1.89. The Balaban J connectivity index is 3.52. The average Bonchev–Trinajstić information content (AvgIpc) is 1.82. The van der Waals surface area contributed by atoms with Gasteiger partial charge < -0.3 is 14.9 Å². The summed E-state index contributed by atoms with van der Waals surface area (Å²) in [7, 11) is 0. The molecular formula is C4H8N2O4. The van der Waals surface area contributed by atoms with E-state index < -0.39 is 19.1 Å². The first-order valence-corrected chi connectivity index (χ1v) is 2.49. The quantitative estimate of drug-likeness (QED) is 0.312. The number of carbonyl (C=O) groups is 1. The molecular weight excluding hydrogens is 140 g/mol. The van der Waals surface area contributed by atoms with Gasteiger partial charge in [0.05, 0.1) is 0 Å². The fourth-order valence-corrected chi connectivity index (χ4v) is 0.278. The number of hydrogen-bond acceptors (Lipinski definition) is 6. The lowest BCUT2D eigenvalue weighted by molar-refractivity contribution is -0.164. The Morgan fingerprint density at radius 3 is 2.80 bits per heavy atom. The van der Waals surface area contributed by atoms with Gasteiger partial charge in [-0.05, 0) is 0 Å². The molecule has 0 aromatic carbocycles. The van der Waals surface area contributed by atoms with E-state index in [0.29, 0.717) is 0 Å². The van der Waals surface area contributed by atoms with E-state index >= 15 is 0 Å². The Kier molecular flexibility index (Phi) is 4.34. The van der Waals surface area contributed by atoms with Gasteiger partial charge in [0.25, 0.3) is 0 Å². The molecule has 0 amide bonds. The van der Waals surface area contributed by atoms with Gasteiger partial charge >= 0.3 is 12.4 Å². The molecule has 10 heavy (non-hydrogen) atoms. The molecule has 0 bridgehead atoms. The molecule has 0 aromatic heterocycles. The lowest BCUT2D eigenvalue weighted by Gasteiger charge is -2.01. The van der Waals surface area contributed by atoms with Crippen LogP contribution >= 0.6 is 0 Å². The van der Waals surface area contributed by atoms with E-state index in [-0.39, 0.29) is 0 Å². The molecule has 0 fully saturated rings. The predicted molar refractivity (Wildman–Crippen MR) is 29.7 cm³/mol. The zero-order valence-electron chi connectivity index (χ0n) is 5.39. The fourth-order valence-electron chi connectivity index (χ4n) is 0.278. The summed E-state index contributed by atoms with van der Waals surface area (Å²) in [5.74, 6) is -0.663. The molecule has 0 spiro atoms. The van der Waals surface area contributed by atoms with Crippen LogP contribution in [0.3, 0.4) is 0 Å². The van der Waals surface area contributed by atoms with Gasteiger partial charge in [-0.3, -0.25) is 4.79 Å². The maximum Gasteiger partial charge on any atom is 0.319 e. The average molecular weight is 148 g/mol. The highest BCUT2D eigenvalue weighted by atomic mass is 16.6. The van der Waals surface area contributed by atoms with Gasteiger partial charge in [-0.15, -0.1) is 5.11 Å². The molecule has 1 atom stereocenters. The summed E-state index contributed by atoms with van der Waals surface area (Å²) in [5.41, 5.74) is 0. The lowest BCUT2D eigenvalue weighted by Crippen LogP contribution is -2.11. The van der Waals surface area contributed by atoms with Crippen molar-refractivity contribution >= 4 is 5.97 Å². The van der Waals surface area contributed by atoms with E-state index in [0.717, 1.165) is 6.92 Å². The van der Waals surface area contributed by atoms with Crippen LogP contribution in [-0.4, -0.2) is 29.3 Å². The fraction of sp³-hybridized carbons (Fsp3) is 0.750. The van der Waals surface area contributed by atoms with Crippen LogP contribution in [0.15, 0.2) is 10.2 Å². The molecule has 0 rings (SSSR count). The molecule has 0 radical (unpaired) electrons. The van der Waals surface area contributed by atoms with Gasteiger partial charge in [-0.25, -0.2) is 0 Å². The SMILES string of the molecule is CC(=O)OC(O)/N=N/CO. The van der Waals surface area contributed by atoms with Gasteiger partial charge in [0, 0.05) is 6.92 Å². The molecule has 6 nitrogen and oxygen atoms in total. The van der Waals surface area contributed by atoms with Crippen molar-refractivity contribution in [3.63, 3.8) is 0 Å². The molecule has 0 aliphatic carbocycles. The molecule has 58 valence electrons. The number of esters is 1. The second kappa shape index (κ2) is 4.83. The van der Waals surface area contributed by atoms with Crippen LogP contribution in [0.5, 0.6) is 0 Å². The normalized spacial score (nSPS) is 13.5. The Morgan fingerprint density at radius 2 is 2.40 bits per heavy atom. The van der Waals surface area contributed by atoms with Crippen molar-refractivity contribution in [2.75, 3.05) is 6.73 Å². The third kappa shape index (κ3) is 5.13. The lowest BCUT2D eigenvalue weighted by atomic mass is 10.8. The zero-order valence-corrected chi connectivity index (χ0v) is 5.39. The summed E-state index contributed by atoms with van der Waals surface area (Å²) in [6.45, 7) is 0.579. The van der Waals surface area contributed by atoms with Gasteiger partial charge in [0.1, 0.15) is 0 Å². The van der Waals surface area contributed by atoms with Crippen molar-refractivity contribution in [3.8, 4) is 0 Å². The Labute approximate surface area is 57.1 Å². The van der Waals surface area contributed by atoms with Crippen LogP contribution < -0.4 is 0 Å². The van der Waals surface area contributed by atoms with Crippen LogP contribution in [0.2, 0.25) is 0 Å². The first-order chi connectivity index (χ1) is 4.66. The third-order valence-electron chi connectivity index (χ3n) is 0.515. The van der Waals surface area contributed by atoms with Gasteiger partial charge in [-0.1, -0.05) is 0 Å². The number of nitrogens with zero attached hydrogens (tertiary/aromatic N) is 2. The topological polar surface area (TPSA) is 91.5 Å². The summed E-state index contributed by atoms with van der Waals surface area (Å²) in [6, 6.07) is 0. The van der Waals surface area contributed by atoms with Crippen molar-refractivity contribution in [2.45, 2.75) is 13.3 Å². The van der Waals surface area contributed by atoms with E-state index in [1.807, 2.05) is 0 Å². The maximum atomic E-state index is 10.1. The van der Waals surface area contributed by atoms with Crippen molar-refractivity contribution in [2.24, 2.45) is 10.2 Å². The van der Waals surface area contributed by atoms with Crippen molar-refractivity contribution in [1.82, 2.24) is 0 Å². The Hall–Kier alpha value is -1.01. The van der Waals surface area contributed by atoms with E-state index in [1.54, 1.807) is 0 Å². The number of azo groups is 1. The summed E-state index contributed by atoms with van der Waals surface area (Å²) < 4.78 is 4.10. The van der Waals surface area contributed by atoms with Crippen molar-refractivity contribution in [1.29, 1.82) is 0 Å². The second-order valence-electron chi connectivity index (χ2n) is 1.33. The van der Waals surface area contributed by atoms with Crippen LogP contribution in [0.1, 0.15) is 6.92 Å². The van der Waals surface area contributed by atoms with Crippen LogP contribution in [-0.2, 0) is 9.53 Å². The van der Waals surface area contributed by atoms with E-state index in [4.69, 9.17) is 10.2 Å². The van der Waals surface area contributed by atoms with Crippen LogP contribution in [0.25, 0.3) is 0 Å². The van der Waals surface area contributed by atoms with Crippen LogP contribution in [0, 0.1) is 0 Å². The Bertz CT molecular complexity index is 135. The predicted octanol–water partition coefficient (Wildman–Crippen LogP) is -0.773. The molecule has 1 unspecified atom stereocenters. The summed E-state index contributed by atoms with van der Waals surface area (Å²) >= 11 is 0. The first kappa shape index (κ1) is 8.99. The highest BCUT2D eigenvalue weighted by Gasteiger charge is 2.02. The van der Waals surface area contributed by atoms with Crippen molar-refractivity contribution < 1.29 is 19.7 Å². The van der Waals surface area contributed by atoms with Gasteiger partial charge in [0.15, 0.2) is 6.73 Å². The minimum Gasteiger partial charge on any atom is -0.413 e. The largest absolute Gasteiger partial charge is 0.413 e. The van der Waals surface area contributed by atoms with E-state index in [9.17, 15) is 4.79 Å². The molecule has 0 aliphatic heterocycles. The third-order valence-corrected chi connectivity index (χ3v) is 0.515. The molecule has 0 saturated heterocycles. The molecule has 0 aliphatic rings. The standard InChI is InChI=1S/C4H8N2O4/c1-3(8)10-4(9)6-5-2-7/h4,7,9H,2H2,1H3/b6-5+. The van der Waals surface area contributed by atoms with E-state index in [1.165, 1.54) is 0 Å². The summed E-state index contributed by atoms with van der Waals surface area (Å²) in [5, 5.41) is 22.5. The summed E-state index contributed by atoms with van der Waals surface area (Å²) in [4.78, 5) is 10.1. The molecule has 6 heteroatoms. The highest BCUT2D eigenvalue weighted by molar-refractivity contribution is 5.65. The molecule has 0 saturated carbocycles. The molecule has 2 N–H and O–H groups in total. The minimum absolute atomic E-state index is 0.543. The van der Waals surface area contributed by atoms with Crippen LogP contribution in [0.4, 0.5) is 0 Å². The second-order valence-corrected chi connectivity index (χ2v) is 1.33. The minimum atomic E-state index is -1.61. The van der Waals surface area contributed by atoms with Crippen molar-refractivity contribution in [3.05, 3.63) is 0 Å². The monoisotopic (exact) mass is 148 g/mol. The maximum absolute atomic E-state index is 10.1. The number of hydrogen-bond donors (Lipinski definition) is 2. The smallest absolute Gasteiger partial charge is 0.319 e. The zero-order chi connectivity index (χ0) is 7.98. The summed E-state index contributed by atoms with van der Waals surface area (Å²) in [6.07, 6.45) is -1.61. The number of aliphatic hydroxyl groups excluding tert-OH is 2. The van der Waals surface area contributed by atoms with Gasteiger partial charge in [-0.2, -0.15) is 5.11 Å².